The lowest BCUT2D eigenvalue weighted by atomic mass is 10.0. The quantitative estimate of drug-likeness (QED) is 0.633. The number of hydrogen-bond acceptors (Lipinski definition) is 4. The molecule has 7 heteroatoms. The summed E-state index contributed by atoms with van der Waals surface area (Å²) in [5.41, 5.74) is 0.663. The summed E-state index contributed by atoms with van der Waals surface area (Å²) in [6, 6.07) is 0. The lowest BCUT2D eigenvalue weighted by Crippen LogP contribution is -2.27. The topological polar surface area (TPSA) is 86.9 Å². The van der Waals surface area contributed by atoms with Crippen LogP contribution in [0, 0.1) is 5.92 Å². The molecule has 0 spiro atoms. The summed E-state index contributed by atoms with van der Waals surface area (Å²) in [5.74, 6) is 0.798. The van der Waals surface area contributed by atoms with Gasteiger partial charge in [-0.1, -0.05) is 25.7 Å². The first-order valence-electron chi connectivity index (χ1n) is 7.30. The third kappa shape index (κ3) is 4.04. The second-order valence-corrected chi connectivity index (χ2v) is 7.15. The van der Waals surface area contributed by atoms with E-state index in [0.29, 0.717) is 18.7 Å². The summed E-state index contributed by atoms with van der Waals surface area (Å²) in [4.78, 5) is 0. The predicted molar refractivity (Wildman–Crippen MR) is 77.7 cm³/mol. The van der Waals surface area contributed by atoms with Crippen LogP contribution < -0.4 is 10.0 Å². The summed E-state index contributed by atoms with van der Waals surface area (Å²) in [6.07, 6.45) is 8.84. The van der Waals surface area contributed by atoms with E-state index in [9.17, 15) is 8.42 Å². The van der Waals surface area contributed by atoms with Gasteiger partial charge in [-0.05, 0) is 25.8 Å². The van der Waals surface area contributed by atoms with Crippen LogP contribution in [0.4, 0.5) is 0 Å². The number of nitrogens with one attached hydrogen (secondary N) is 3. The van der Waals surface area contributed by atoms with Gasteiger partial charge in [-0.25, -0.2) is 13.1 Å². The first-order chi connectivity index (χ1) is 9.63. The van der Waals surface area contributed by atoms with Crippen LogP contribution in [-0.4, -0.2) is 32.2 Å². The van der Waals surface area contributed by atoms with Gasteiger partial charge in [0.05, 0.1) is 6.20 Å². The van der Waals surface area contributed by atoms with Gasteiger partial charge in [-0.2, -0.15) is 5.10 Å². The summed E-state index contributed by atoms with van der Waals surface area (Å²) in [7, 11) is -1.70. The van der Waals surface area contributed by atoms with Crippen LogP contribution in [0.3, 0.4) is 0 Å². The van der Waals surface area contributed by atoms with Crippen molar-refractivity contribution < 1.29 is 8.42 Å². The lowest BCUT2D eigenvalue weighted by Gasteiger charge is -2.10. The molecule has 1 fully saturated rings. The minimum atomic E-state index is -3.47. The molecule has 0 radical (unpaired) electrons. The van der Waals surface area contributed by atoms with Crippen molar-refractivity contribution >= 4 is 10.0 Å². The Bertz CT molecular complexity index is 506. The Morgan fingerprint density at radius 2 is 2.15 bits per heavy atom. The van der Waals surface area contributed by atoms with Gasteiger partial charge in [0, 0.05) is 18.7 Å². The van der Waals surface area contributed by atoms with E-state index in [-0.39, 0.29) is 5.03 Å². The lowest BCUT2D eigenvalue weighted by molar-refractivity contribution is 0.480. The van der Waals surface area contributed by atoms with Crippen molar-refractivity contribution in [3.05, 3.63) is 11.8 Å². The molecule has 0 atom stereocenters. The van der Waals surface area contributed by atoms with Gasteiger partial charge in [0.25, 0.3) is 10.0 Å². The molecule has 0 unspecified atom stereocenters. The van der Waals surface area contributed by atoms with E-state index in [1.54, 1.807) is 13.2 Å². The second kappa shape index (κ2) is 7.19. The van der Waals surface area contributed by atoms with Gasteiger partial charge in [0.15, 0.2) is 5.03 Å². The molecule has 0 bridgehead atoms. The highest BCUT2D eigenvalue weighted by Gasteiger charge is 2.20. The molecule has 0 amide bonds. The number of sulfonamides is 1. The maximum Gasteiger partial charge on any atom is 0.257 e. The van der Waals surface area contributed by atoms with Crippen molar-refractivity contribution in [3.8, 4) is 0 Å². The van der Waals surface area contributed by atoms with Gasteiger partial charge in [-0.3, -0.25) is 5.10 Å². The highest BCUT2D eigenvalue weighted by molar-refractivity contribution is 7.89. The summed E-state index contributed by atoms with van der Waals surface area (Å²) in [6.45, 7) is 0.978. The summed E-state index contributed by atoms with van der Waals surface area (Å²) < 4.78 is 27.0. The number of H-pyrrole nitrogens is 1. The Hall–Kier alpha value is -0.920. The Morgan fingerprint density at radius 1 is 1.40 bits per heavy atom. The SMILES string of the molecule is CNCc1cn[nH]c1S(=O)(=O)NCCCC1CCCC1. The molecule has 1 aliphatic carbocycles. The molecule has 1 saturated carbocycles. The molecule has 1 aliphatic rings. The molecule has 1 aromatic rings. The van der Waals surface area contributed by atoms with Gasteiger partial charge in [-0.15, -0.1) is 0 Å². The zero-order valence-corrected chi connectivity index (χ0v) is 12.8. The number of rotatable bonds is 8. The maximum absolute atomic E-state index is 12.2. The van der Waals surface area contributed by atoms with Crippen molar-refractivity contribution in [2.24, 2.45) is 5.92 Å². The number of aromatic amines is 1. The second-order valence-electron chi connectivity index (χ2n) is 5.45. The minimum absolute atomic E-state index is 0.174. The van der Waals surface area contributed by atoms with Gasteiger partial charge < -0.3 is 5.32 Å². The van der Waals surface area contributed by atoms with Crippen molar-refractivity contribution in [2.45, 2.75) is 50.1 Å². The van der Waals surface area contributed by atoms with E-state index < -0.39 is 10.0 Å². The van der Waals surface area contributed by atoms with E-state index in [0.717, 1.165) is 18.8 Å². The minimum Gasteiger partial charge on any atom is -0.316 e. The smallest absolute Gasteiger partial charge is 0.257 e. The Balaban J connectivity index is 1.82. The van der Waals surface area contributed by atoms with E-state index >= 15 is 0 Å². The first kappa shape index (κ1) is 15.5. The normalized spacial score (nSPS) is 16.9. The standard InChI is InChI=1S/C13H24N4O2S/c1-14-9-12-10-15-17-13(12)20(18,19)16-8-4-7-11-5-2-3-6-11/h10-11,14,16H,2-9H2,1H3,(H,15,17). The van der Waals surface area contributed by atoms with Crippen molar-refractivity contribution in [1.29, 1.82) is 0 Å². The number of aromatic nitrogens is 2. The first-order valence-corrected chi connectivity index (χ1v) is 8.78. The molecule has 2 rings (SSSR count). The Morgan fingerprint density at radius 3 is 2.85 bits per heavy atom. The third-order valence-corrected chi connectivity index (χ3v) is 5.35. The molecule has 0 saturated heterocycles. The third-order valence-electron chi connectivity index (χ3n) is 3.87. The van der Waals surface area contributed by atoms with Crippen LogP contribution in [0.5, 0.6) is 0 Å². The van der Waals surface area contributed by atoms with Gasteiger partial charge in [0.2, 0.25) is 0 Å². The molecule has 3 N–H and O–H groups in total. The molecular weight excluding hydrogens is 276 g/mol. The Labute approximate surface area is 120 Å². The largest absolute Gasteiger partial charge is 0.316 e. The number of hydrogen-bond donors (Lipinski definition) is 3. The fourth-order valence-corrected chi connectivity index (χ4v) is 4.02. The van der Waals surface area contributed by atoms with Crippen LogP contribution in [0.2, 0.25) is 0 Å². The van der Waals surface area contributed by atoms with Gasteiger partial charge >= 0.3 is 0 Å². The van der Waals surface area contributed by atoms with Crippen LogP contribution in [0.1, 0.15) is 44.1 Å². The van der Waals surface area contributed by atoms with Crippen molar-refractivity contribution in [2.75, 3.05) is 13.6 Å². The summed E-state index contributed by atoms with van der Waals surface area (Å²) >= 11 is 0. The highest BCUT2D eigenvalue weighted by atomic mass is 32.2. The maximum atomic E-state index is 12.2. The molecular formula is C13H24N4O2S. The van der Waals surface area contributed by atoms with E-state index in [1.165, 1.54) is 25.7 Å². The zero-order chi connectivity index (χ0) is 14.4. The molecule has 114 valence electrons. The van der Waals surface area contributed by atoms with E-state index in [4.69, 9.17) is 0 Å². The molecule has 1 aromatic heterocycles. The van der Waals surface area contributed by atoms with Gasteiger partial charge in [0.1, 0.15) is 0 Å². The molecule has 6 nitrogen and oxygen atoms in total. The van der Waals surface area contributed by atoms with E-state index in [1.807, 2.05) is 0 Å². The molecule has 0 aliphatic heterocycles. The average molecular weight is 300 g/mol. The summed E-state index contributed by atoms with van der Waals surface area (Å²) in [5, 5.41) is 9.50. The fourth-order valence-electron chi connectivity index (χ4n) is 2.82. The monoisotopic (exact) mass is 300 g/mol. The average Bonchev–Trinajstić information content (AvgIpc) is 3.06. The van der Waals surface area contributed by atoms with Crippen LogP contribution >= 0.6 is 0 Å². The van der Waals surface area contributed by atoms with Crippen LogP contribution in [-0.2, 0) is 16.6 Å². The van der Waals surface area contributed by atoms with E-state index in [2.05, 4.69) is 20.2 Å². The predicted octanol–water partition coefficient (Wildman–Crippen LogP) is 1.38. The van der Waals surface area contributed by atoms with Crippen molar-refractivity contribution in [3.63, 3.8) is 0 Å². The molecule has 0 aromatic carbocycles. The fraction of sp³-hybridized carbons (Fsp3) is 0.769. The van der Waals surface area contributed by atoms with Crippen molar-refractivity contribution in [1.82, 2.24) is 20.2 Å². The molecule has 20 heavy (non-hydrogen) atoms. The Kier molecular flexibility index (Phi) is 5.56. The highest BCUT2D eigenvalue weighted by Crippen LogP contribution is 2.28. The number of nitrogens with zero attached hydrogens (tertiary/aromatic N) is 1. The van der Waals surface area contributed by atoms with Crippen LogP contribution in [0.15, 0.2) is 11.2 Å². The molecule has 1 heterocycles. The van der Waals surface area contributed by atoms with Crippen LogP contribution in [0.25, 0.3) is 0 Å². The zero-order valence-electron chi connectivity index (χ0n) is 12.0.